The molecule has 0 fully saturated rings. The van der Waals surface area contributed by atoms with Gasteiger partial charge in [0.25, 0.3) is 0 Å². The zero-order chi connectivity index (χ0) is 26.9. The number of nitrogens with one attached hydrogen (secondary N) is 2. The lowest BCUT2D eigenvalue weighted by Gasteiger charge is -2.27. The maximum atomic E-state index is 13.7. The van der Waals surface area contributed by atoms with Gasteiger partial charge in [-0.05, 0) is 60.5 Å². The standard InChI is InChI=1S/C29H29N3O5S/c1-3-32(24-12-14-25(36-2)15-13-24)28(33)27(18-21-8-5-4-6-9-21)30-29(34)31-38(35)26-11-7-10-22(19-26)23-16-17-37-20-23/h4-17,19-20,27H,3,18H2,1-2H3,(H2,30,31,34). The van der Waals surface area contributed by atoms with Crippen LogP contribution in [0.2, 0.25) is 0 Å². The number of anilines is 1. The van der Waals surface area contributed by atoms with Crippen LogP contribution >= 0.6 is 0 Å². The summed E-state index contributed by atoms with van der Waals surface area (Å²) in [5.41, 5.74) is 3.20. The van der Waals surface area contributed by atoms with E-state index in [4.69, 9.17) is 9.15 Å². The van der Waals surface area contributed by atoms with Crippen LogP contribution in [0.1, 0.15) is 12.5 Å². The molecule has 0 bridgehead atoms. The number of methoxy groups -OCH3 is 1. The van der Waals surface area contributed by atoms with Crippen molar-refractivity contribution < 1.29 is 23.0 Å². The van der Waals surface area contributed by atoms with Gasteiger partial charge in [-0.3, -0.25) is 9.52 Å². The summed E-state index contributed by atoms with van der Waals surface area (Å²) in [6.45, 7) is 2.26. The third-order valence-corrected chi connectivity index (χ3v) is 6.99. The van der Waals surface area contributed by atoms with Gasteiger partial charge in [0.1, 0.15) is 11.8 Å². The number of rotatable bonds is 10. The molecule has 2 unspecified atom stereocenters. The Labute approximate surface area is 224 Å². The summed E-state index contributed by atoms with van der Waals surface area (Å²) in [6.07, 6.45) is 3.41. The lowest BCUT2D eigenvalue weighted by Crippen LogP contribution is -2.52. The van der Waals surface area contributed by atoms with Crippen LogP contribution in [-0.2, 0) is 22.2 Å². The summed E-state index contributed by atoms with van der Waals surface area (Å²) in [4.78, 5) is 28.6. The zero-order valence-electron chi connectivity index (χ0n) is 21.1. The van der Waals surface area contributed by atoms with Crippen molar-refractivity contribution in [2.75, 3.05) is 18.6 Å². The van der Waals surface area contributed by atoms with Gasteiger partial charge in [0.05, 0.1) is 24.5 Å². The van der Waals surface area contributed by atoms with Gasteiger partial charge in [-0.2, -0.15) is 0 Å². The van der Waals surface area contributed by atoms with Crippen LogP contribution in [0.5, 0.6) is 5.75 Å². The fraction of sp³-hybridized carbons (Fsp3) is 0.172. The van der Waals surface area contributed by atoms with E-state index in [1.54, 1.807) is 73.1 Å². The van der Waals surface area contributed by atoms with E-state index < -0.39 is 23.1 Å². The maximum absolute atomic E-state index is 13.7. The van der Waals surface area contributed by atoms with Crippen LogP contribution in [0.15, 0.2) is 107 Å². The summed E-state index contributed by atoms with van der Waals surface area (Å²) >= 11 is 0. The second kappa shape index (κ2) is 12.7. The SMILES string of the molecule is CCN(C(=O)C(Cc1ccccc1)NC(=O)NS(=O)c1cccc(-c2ccoc2)c1)c1ccc(OC)cc1. The summed E-state index contributed by atoms with van der Waals surface area (Å²) in [5, 5.41) is 2.74. The van der Waals surface area contributed by atoms with Crippen LogP contribution in [0.4, 0.5) is 10.5 Å². The Bertz CT molecular complexity index is 1380. The molecule has 0 saturated heterocycles. The first-order valence-corrected chi connectivity index (χ1v) is 13.2. The molecule has 3 amide bonds. The van der Waals surface area contributed by atoms with E-state index in [1.807, 2.05) is 43.3 Å². The van der Waals surface area contributed by atoms with Crippen molar-refractivity contribution >= 4 is 28.6 Å². The van der Waals surface area contributed by atoms with Crippen molar-refractivity contribution in [1.29, 1.82) is 0 Å². The number of likely N-dealkylation sites (N-methyl/N-ethyl adjacent to an activating group) is 1. The molecule has 1 heterocycles. The highest BCUT2D eigenvalue weighted by atomic mass is 32.2. The number of ether oxygens (including phenoxy) is 1. The maximum Gasteiger partial charge on any atom is 0.327 e. The number of benzene rings is 3. The average molecular weight is 532 g/mol. The van der Waals surface area contributed by atoms with Gasteiger partial charge in [0, 0.05) is 24.2 Å². The molecule has 0 radical (unpaired) electrons. The van der Waals surface area contributed by atoms with Gasteiger partial charge in [-0.25, -0.2) is 9.00 Å². The van der Waals surface area contributed by atoms with E-state index in [9.17, 15) is 13.8 Å². The van der Waals surface area contributed by atoms with E-state index in [-0.39, 0.29) is 12.3 Å². The van der Waals surface area contributed by atoms with Crippen molar-refractivity contribution in [3.63, 3.8) is 0 Å². The van der Waals surface area contributed by atoms with Gasteiger partial charge < -0.3 is 19.4 Å². The molecule has 1 aromatic heterocycles. The minimum Gasteiger partial charge on any atom is -0.497 e. The van der Waals surface area contributed by atoms with Crippen LogP contribution in [-0.4, -0.2) is 35.8 Å². The Morgan fingerprint density at radius 2 is 1.74 bits per heavy atom. The number of amides is 3. The molecule has 0 saturated carbocycles. The monoisotopic (exact) mass is 531 g/mol. The minimum atomic E-state index is -1.85. The zero-order valence-corrected chi connectivity index (χ0v) is 21.9. The van der Waals surface area contributed by atoms with Crippen LogP contribution < -0.4 is 19.7 Å². The largest absolute Gasteiger partial charge is 0.497 e. The van der Waals surface area contributed by atoms with E-state index in [0.717, 1.165) is 16.7 Å². The summed E-state index contributed by atoms with van der Waals surface area (Å²) < 4.78 is 25.8. The third kappa shape index (κ3) is 6.68. The smallest absolute Gasteiger partial charge is 0.327 e. The number of hydrogen-bond acceptors (Lipinski definition) is 5. The molecule has 2 N–H and O–H groups in total. The minimum absolute atomic E-state index is 0.266. The molecule has 4 aromatic rings. The highest BCUT2D eigenvalue weighted by Gasteiger charge is 2.27. The lowest BCUT2D eigenvalue weighted by molar-refractivity contribution is -0.120. The van der Waals surface area contributed by atoms with Gasteiger partial charge in [0.2, 0.25) is 5.91 Å². The van der Waals surface area contributed by atoms with Crippen LogP contribution in [0.3, 0.4) is 0 Å². The van der Waals surface area contributed by atoms with E-state index in [0.29, 0.717) is 22.9 Å². The molecule has 196 valence electrons. The molecule has 8 nitrogen and oxygen atoms in total. The summed E-state index contributed by atoms with van der Waals surface area (Å²) in [5.74, 6) is 0.388. The molecule has 2 atom stereocenters. The first-order valence-electron chi connectivity index (χ1n) is 12.1. The molecule has 4 rings (SSSR count). The van der Waals surface area contributed by atoms with Crippen molar-refractivity contribution in [2.45, 2.75) is 24.3 Å². The predicted octanol–water partition coefficient (Wildman–Crippen LogP) is 4.94. The Balaban J connectivity index is 1.51. The second-order valence-electron chi connectivity index (χ2n) is 8.41. The highest BCUT2D eigenvalue weighted by molar-refractivity contribution is 7.83. The fourth-order valence-corrected chi connectivity index (χ4v) is 4.80. The molecule has 0 aliphatic carbocycles. The topological polar surface area (TPSA) is 101 Å². The number of furan rings is 1. The Morgan fingerprint density at radius 3 is 2.39 bits per heavy atom. The molecule has 0 spiro atoms. The molecular weight excluding hydrogens is 502 g/mol. The van der Waals surface area contributed by atoms with Crippen molar-refractivity contribution in [3.05, 3.63) is 103 Å². The highest BCUT2D eigenvalue weighted by Crippen LogP contribution is 2.22. The van der Waals surface area contributed by atoms with Crippen molar-refractivity contribution in [3.8, 4) is 16.9 Å². The van der Waals surface area contributed by atoms with Gasteiger partial charge in [-0.15, -0.1) is 0 Å². The molecular formula is C29H29N3O5S. The van der Waals surface area contributed by atoms with Crippen LogP contribution in [0, 0.1) is 0 Å². The van der Waals surface area contributed by atoms with Gasteiger partial charge in [-0.1, -0.05) is 42.5 Å². The fourth-order valence-electron chi connectivity index (χ4n) is 4.02. The Hall–Kier alpha value is -4.37. The Kier molecular flexibility index (Phi) is 8.94. The number of nitrogens with zero attached hydrogens (tertiary/aromatic N) is 1. The number of hydrogen-bond donors (Lipinski definition) is 2. The molecule has 3 aromatic carbocycles. The van der Waals surface area contributed by atoms with Gasteiger partial charge in [0.15, 0.2) is 11.0 Å². The molecule has 38 heavy (non-hydrogen) atoms. The third-order valence-electron chi connectivity index (χ3n) is 5.94. The Morgan fingerprint density at radius 1 is 0.974 bits per heavy atom. The lowest BCUT2D eigenvalue weighted by atomic mass is 10.0. The molecule has 0 aliphatic rings. The summed E-state index contributed by atoms with van der Waals surface area (Å²) in [7, 11) is -0.268. The van der Waals surface area contributed by atoms with E-state index in [1.165, 1.54) is 0 Å². The van der Waals surface area contributed by atoms with Crippen molar-refractivity contribution in [1.82, 2.24) is 10.0 Å². The number of carbonyl (C=O) groups excluding carboxylic acids is 2. The quantitative estimate of drug-likeness (QED) is 0.302. The normalized spacial score (nSPS) is 12.3. The van der Waals surface area contributed by atoms with E-state index >= 15 is 0 Å². The number of carbonyl (C=O) groups is 2. The second-order valence-corrected chi connectivity index (χ2v) is 9.62. The van der Waals surface area contributed by atoms with Gasteiger partial charge >= 0.3 is 6.03 Å². The molecule has 0 aliphatic heterocycles. The number of urea groups is 1. The first-order chi connectivity index (χ1) is 18.5. The van der Waals surface area contributed by atoms with Crippen LogP contribution in [0.25, 0.3) is 11.1 Å². The average Bonchev–Trinajstić information content (AvgIpc) is 3.49. The van der Waals surface area contributed by atoms with Crippen molar-refractivity contribution in [2.24, 2.45) is 0 Å². The van der Waals surface area contributed by atoms with E-state index in [2.05, 4.69) is 10.0 Å². The predicted molar refractivity (Wildman–Crippen MR) is 147 cm³/mol. The molecule has 9 heteroatoms. The summed E-state index contributed by atoms with van der Waals surface area (Å²) in [6, 6.07) is 23.7. The first kappa shape index (κ1) is 26.7.